The van der Waals surface area contributed by atoms with Gasteiger partial charge in [-0.25, -0.2) is 0 Å². The highest BCUT2D eigenvalue weighted by Gasteiger charge is 2.43. The van der Waals surface area contributed by atoms with Gasteiger partial charge in [0.15, 0.2) is 11.5 Å². The number of aryl methyl sites for hydroxylation is 2. The number of pyridine rings is 1. The molecule has 28 heavy (non-hydrogen) atoms. The average Bonchev–Trinajstić information content (AvgIpc) is 2.90. The lowest BCUT2D eigenvalue weighted by molar-refractivity contribution is -0.130. The normalized spacial score (nSPS) is 17.0. The summed E-state index contributed by atoms with van der Waals surface area (Å²) in [6, 6.07) is 9.05. The van der Waals surface area contributed by atoms with Gasteiger partial charge in [0.25, 0.3) is 5.91 Å². The smallest absolute Gasteiger partial charge is 0.290 e. The van der Waals surface area contributed by atoms with Crippen molar-refractivity contribution in [3.8, 4) is 0 Å². The van der Waals surface area contributed by atoms with Gasteiger partial charge in [0.05, 0.1) is 11.6 Å². The van der Waals surface area contributed by atoms with Crippen LogP contribution >= 0.6 is 0 Å². The Morgan fingerprint density at radius 1 is 1.25 bits per heavy atom. The second kappa shape index (κ2) is 7.97. The Kier molecular flexibility index (Phi) is 5.63. The molecule has 146 valence electrons. The summed E-state index contributed by atoms with van der Waals surface area (Å²) in [6.07, 6.45) is 3.57. The standard InChI is InChI=1S/C23H26N2O3/c1-14(2)10-19(26)20-21(17-6-5-9-24-12-17)25(23(28)22(20)27)13-18-11-15(3)7-8-16(18)4/h5-9,11-12,14,21,27H,10,13H2,1-4H3. The summed E-state index contributed by atoms with van der Waals surface area (Å²) in [4.78, 5) is 31.6. The van der Waals surface area contributed by atoms with E-state index in [0.717, 1.165) is 22.3 Å². The molecule has 0 spiro atoms. The Hall–Kier alpha value is -2.95. The molecule has 0 radical (unpaired) electrons. The Morgan fingerprint density at radius 2 is 2.00 bits per heavy atom. The van der Waals surface area contributed by atoms with Crippen LogP contribution in [0.25, 0.3) is 0 Å². The Morgan fingerprint density at radius 3 is 2.64 bits per heavy atom. The van der Waals surface area contributed by atoms with E-state index in [-0.39, 0.29) is 23.7 Å². The molecule has 1 aliphatic rings. The Bertz CT molecular complexity index is 932. The summed E-state index contributed by atoms with van der Waals surface area (Å²) in [5.74, 6) is -1.02. The molecule has 1 unspecified atom stereocenters. The molecule has 5 heteroatoms. The number of carbonyl (C=O) groups excluding carboxylic acids is 2. The van der Waals surface area contributed by atoms with E-state index in [1.807, 2.05) is 52.0 Å². The minimum Gasteiger partial charge on any atom is -0.503 e. The molecule has 5 nitrogen and oxygen atoms in total. The number of nitrogens with zero attached hydrogens (tertiary/aromatic N) is 2. The van der Waals surface area contributed by atoms with E-state index in [1.165, 1.54) is 0 Å². The van der Waals surface area contributed by atoms with Crippen molar-refractivity contribution < 1.29 is 14.7 Å². The number of benzene rings is 1. The molecule has 1 amide bonds. The summed E-state index contributed by atoms with van der Waals surface area (Å²) in [7, 11) is 0. The number of aliphatic hydroxyl groups excluding tert-OH is 1. The van der Waals surface area contributed by atoms with Crippen LogP contribution in [-0.2, 0) is 16.1 Å². The van der Waals surface area contributed by atoms with Gasteiger partial charge in [-0.15, -0.1) is 0 Å². The number of carbonyl (C=O) groups is 2. The fourth-order valence-corrected chi connectivity index (χ4v) is 3.62. The van der Waals surface area contributed by atoms with Gasteiger partial charge in [-0.3, -0.25) is 14.6 Å². The zero-order valence-corrected chi connectivity index (χ0v) is 16.8. The van der Waals surface area contributed by atoms with E-state index >= 15 is 0 Å². The second-order valence-electron chi connectivity index (χ2n) is 7.84. The van der Waals surface area contributed by atoms with Crippen molar-refractivity contribution in [1.29, 1.82) is 0 Å². The van der Waals surface area contributed by atoms with E-state index in [2.05, 4.69) is 4.98 Å². The predicted octanol–water partition coefficient (Wildman–Crippen LogP) is 4.21. The Labute approximate surface area is 165 Å². The summed E-state index contributed by atoms with van der Waals surface area (Å²) in [5.41, 5.74) is 4.05. The molecule has 2 aromatic rings. The number of ketones is 1. The van der Waals surface area contributed by atoms with Crippen LogP contribution in [0.15, 0.2) is 54.1 Å². The zero-order chi connectivity index (χ0) is 20.4. The first kappa shape index (κ1) is 19.8. The van der Waals surface area contributed by atoms with Gasteiger partial charge < -0.3 is 10.0 Å². The maximum Gasteiger partial charge on any atom is 0.290 e. The highest BCUT2D eigenvalue weighted by molar-refractivity contribution is 6.09. The van der Waals surface area contributed by atoms with Gasteiger partial charge in [0.1, 0.15) is 0 Å². The van der Waals surface area contributed by atoms with Crippen molar-refractivity contribution in [3.63, 3.8) is 0 Å². The third-order valence-corrected chi connectivity index (χ3v) is 5.04. The van der Waals surface area contributed by atoms with Gasteiger partial charge in [0, 0.05) is 25.4 Å². The molecule has 2 heterocycles. The van der Waals surface area contributed by atoms with Gasteiger partial charge in [-0.2, -0.15) is 0 Å². The topological polar surface area (TPSA) is 70.5 Å². The minimum atomic E-state index is -0.632. The minimum absolute atomic E-state index is 0.130. The molecule has 3 rings (SSSR count). The fraction of sp³-hybridized carbons (Fsp3) is 0.348. The number of hydrogen-bond acceptors (Lipinski definition) is 4. The molecule has 1 aliphatic heterocycles. The average molecular weight is 378 g/mol. The lowest BCUT2D eigenvalue weighted by atomic mass is 9.92. The lowest BCUT2D eigenvalue weighted by Crippen LogP contribution is -2.31. The van der Waals surface area contributed by atoms with E-state index < -0.39 is 17.7 Å². The van der Waals surface area contributed by atoms with Crippen LogP contribution in [0.4, 0.5) is 0 Å². The van der Waals surface area contributed by atoms with Crippen LogP contribution in [0.5, 0.6) is 0 Å². The van der Waals surface area contributed by atoms with Crippen molar-refractivity contribution in [2.75, 3.05) is 0 Å². The monoisotopic (exact) mass is 378 g/mol. The SMILES string of the molecule is Cc1ccc(C)c(CN2C(=O)C(O)=C(C(=O)CC(C)C)C2c2cccnc2)c1. The molecule has 1 atom stereocenters. The van der Waals surface area contributed by atoms with E-state index in [4.69, 9.17) is 0 Å². The van der Waals surface area contributed by atoms with Crippen molar-refractivity contribution in [3.05, 3.63) is 76.3 Å². The maximum atomic E-state index is 12.9. The number of rotatable bonds is 6. The van der Waals surface area contributed by atoms with Crippen LogP contribution in [0.3, 0.4) is 0 Å². The number of aliphatic hydroxyl groups is 1. The van der Waals surface area contributed by atoms with Crippen molar-refractivity contribution >= 4 is 11.7 Å². The summed E-state index contributed by atoms with van der Waals surface area (Å²) in [5, 5.41) is 10.6. The molecule has 1 aromatic heterocycles. The highest BCUT2D eigenvalue weighted by atomic mass is 16.3. The van der Waals surface area contributed by atoms with Crippen molar-refractivity contribution in [2.24, 2.45) is 5.92 Å². The summed E-state index contributed by atoms with van der Waals surface area (Å²) < 4.78 is 0. The third kappa shape index (κ3) is 3.84. The van der Waals surface area contributed by atoms with E-state index in [0.29, 0.717) is 6.54 Å². The largest absolute Gasteiger partial charge is 0.503 e. The number of hydrogen-bond donors (Lipinski definition) is 1. The molecular formula is C23H26N2O3. The van der Waals surface area contributed by atoms with Gasteiger partial charge in [-0.05, 0) is 42.5 Å². The second-order valence-corrected chi connectivity index (χ2v) is 7.84. The molecule has 1 N–H and O–H groups in total. The highest BCUT2D eigenvalue weighted by Crippen LogP contribution is 2.39. The molecule has 1 aromatic carbocycles. The van der Waals surface area contributed by atoms with Crippen molar-refractivity contribution in [2.45, 2.75) is 46.7 Å². The summed E-state index contributed by atoms with van der Waals surface area (Å²) >= 11 is 0. The first-order chi connectivity index (χ1) is 13.3. The van der Waals surface area contributed by atoms with Crippen LogP contribution in [0, 0.1) is 19.8 Å². The number of amides is 1. The third-order valence-electron chi connectivity index (χ3n) is 5.04. The lowest BCUT2D eigenvalue weighted by Gasteiger charge is -2.27. The Balaban J connectivity index is 2.05. The predicted molar refractivity (Wildman–Crippen MR) is 108 cm³/mol. The van der Waals surface area contributed by atoms with Crippen LogP contribution in [0.2, 0.25) is 0 Å². The van der Waals surface area contributed by atoms with Crippen LogP contribution in [-0.4, -0.2) is 26.7 Å². The van der Waals surface area contributed by atoms with Crippen LogP contribution < -0.4 is 0 Å². The van der Waals surface area contributed by atoms with Gasteiger partial charge >= 0.3 is 0 Å². The molecular weight excluding hydrogens is 352 g/mol. The maximum absolute atomic E-state index is 12.9. The molecule has 0 saturated carbocycles. The van der Waals surface area contributed by atoms with Gasteiger partial charge in [-0.1, -0.05) is 43.7 Å². The molecule has 0 saturated heterocycles. The van der Waals surface area contributed by atoms with E-state index in [1.54, 1.807) is 23.4 Å². The number of Topliss-reactive ketones (excluding diaryl/α,β-unsaturated/α-hetero) is 1. The molecule has 0 bridgehead atoms. The first-order valence-electron chi connectivity index (χ1n) is 9.53. The fourth-order valence-electron chi connectivity index (χ4n) is 3.62. The zero-order valence-electron chi connectivity index (χ0n) is 16.8. The summed E-state index contributed by atoms with van der Waals surface area (Å²) in [6.45, 7) is 8.19. The first-order valence-corrected chi connectivity index (χ1v) is 9.53. The number of aromatic nitrogens is 1. The molecule has 0 aliphatic carbocycles. The molecule has 0 fully saturated rings. The van der Waals surface area contributed by atoms with Gasteiger partial charge in [0.2, 0.25) is 0 Å². The van der Waals surface area contributed by atoms with Crippen molar-refractivity contribution in [1.82, 2.24) is 9.88 Å². The van der Waals surface area contributed by atoms with E-state index in [9.17, 15) is 14.7 Å². The quantitative estimate of drug-likeness (QED) is 0.817. The van der Waals surface area contributed by atoms with Crippen LogP contribution in [0.1, 0.15) is 48.6 Å².